The van der Waals surface area contributed by atoms with Crippen LogP contribution in [-0.4, -0.2) is 47.6 Å². The highest BCUT2D eigenvalue weighted by Gasteiger charge is 2.28. The summed E-state index contributed by atoms with van der Waals surface area (Å²) in [4.78, 5) is 10.9. The van der Waals surface area contributed by atoms with Gasteiger partial charge in [-0.15, -0.1) is 0 Å². The van der Waals surface area contributed by atoms with E-state index in [1.165, 1.54) is 12.8 Å². The Morgan fingerprint density at radius 2 is 2.06 bits per heavy atom. The minimum absolute atomic E-state index is 0.518. The Labute approximate surface area is 109 Å². The van der Waals surface area contributed by atoms with Gasteiger partial charge >= 0.3 is 0 Å². The van der Waals surface area contributed by atoms with Crippen LogP contribution >= 0.6 is 0 Å². The van der Waals surface area contributed by atoms with E-state index in [4.69, 9.17) is 0 Å². The molecule has 0 radical (unpaired) electrons. The van der Waals surface area contributed by atoms with E-state index in [0.717, 1.165) is 29.8 Å². The Bertz CT molecular complexity index is 402. The zero-order valence-corrected chi connectivity index (χ0v) is 11.7. The maximum absolute atomic E-state index is 4.30. The van der Waals surface area contributed by atoms with E-state index in [1.54, 1.807) is 6.33 Å². The molecule has 5 heteroatoms. The first-order chi connectivity index (χ1) is 8.63. The molecule has 0 aromatic carbocycles. The molecule has 100 valence electrons. The first kappa shape index (κ1) is 13.1. The van der Waals surface area contributed by atoms with Crippen molar-refractivity contribution in [3.05, 3.63) is 11.9 Å². The highest BCUT2D eigenvalue weighted by Crippen LogP contribution is 2.27. The van der Waals surface area contributed by atoms with Gasteiger partial charge in [-0.25, -0.2) is 9.97 Å². The molecule has 1 fully saturated rings. The molecular weight excluding hydrogens is 226 g/mol. The molecule has 1 aromatic heterocycles. The molecule has 5 nitrogen and oxygen atoms in total. The predicted molar refractivity (Wildman–Crippen MR) is 75.1 cm³/mol. The van der Waals surface area contributed by atoms with Crippen molar-refractivity contribution in [2.45, 2.75) is 38.8 Å². The molecule has 2 rings (SSSR count). The number of nitrogens with zero attached hydrogens (tertiary/aromatic N) is 3. The highest BCUT2D eigenvalue weighted by molar-refractivity contribution is 5.56. The molecule has 1 aliphatic rings. The summed E-state index contributed by atoms with van der Waals surface area (Å²) < 4.78 is 0. The number of likely N-dealkylation sites (N-methyl/N-ethyl adjacent to an activating group) is 1. The van der Waals surface area contributed by atoms with Crippen LogP contribution in [0.2, 0.25) is 0 Å². The second-order valence-corrected chi connectivity index (χ2v) is 5.07. The van der Waals surface area contributed by atoms with Crippen LogP contribution in [0.3, 0.4) is 0 Å². The maximum Gasteiger partial charge on any atom is 0.134 e. The van der Waals surface area contributed by atoms with E-state index in [0.29, 0.717) is 6.04 Å². The van der Waals surface area contributed by atoms with Crippen LogP contribution in [0.15, 0.2) is 6.33 Å². The van der Waals surface area contributed by atoms with Crippen molar-refractivity contribution >= 4 is 11.6 Å². The van der Waals surface area contributed by atoms with Gasteiger partial charge in [0.1, 0.15) is 18.0 Å². The van der Waals surface area contributed by atoms with Crippen LogP contribution in [-0.2, 0) is 0 Å². The first-order valence-electron chi connectivity index (χ1n) is 6.58. The summed E-state index contributed by atoms with van der Waals surface area (Å²) in [7, 11) is 4.08. The lowest BCUT2D eigenvalue weighted by atomic mass is 10.2. The molecule has 18 heavy (non-hydrogen) atoms. The lowest BCUT2D eigenvalue weighted by molar-refractivity contribution is 0.257. The standard InChI is InChI=1S/C13H23N5/c1-9(18(4)11-5-6-11)7-15-13-10(2)12(14-3)16-8-17-13/h8-9,11H,5-7H2,1-4H3,(H2,14,15,16,17). The Hall–Kier alpha value is -1.36. The second kappa shape index (κ2) is 5.52. The van der Waals surface area contributed by atoms with Crippen molar-refractivity contribution in [1.29, 1.82) is 0 Å². The van der Waals surface area contributed by atoms with Crippen molar-refractivity contribution < 1.29 is 0 Å². The normalized spacial score (nSPS) is 16.7. The summed E-state index contributed by atoms with van der Waals surface area (Å²) >= 11 is 0. The van der Waals surface area contributed by atoms with Gasteiger partial charge in [0.05, 0.1) is 0 Å². The van der Waals surface area contributed by atoms with Crippen molar-refractivity contribution in [2.24, 2.45) is 0 Å². The zero-order chi connectivity index (χ0) is 13.1. The Morgan fingerprint density at radius 1 is 1.39 bits per heavy atom. The van der Waals surface area contributed by atoms with Gasteiger partial charge in [0.25, 0.3) is 0 Å². The highest BCUT2D eigenvalue weighted by atomic mass is 15.2. The van der Waals surface area contributed by atoms with E-state index in [-0.39, 0.29) is 0 Å². The van der Waals surface area contributed by atoms with E-state index in [9.17, 15) is 0 Å². The quantitative estimate of drug-likeness (QED) is 0.804. The molecule has 1 saturated carbocycles. The average Bonchev–Trinajstić information content (AvgIpc) is 3.20. The summed E-state index contributed by atoms with van der Waals surface area (Å²) in [6.07, 6.45) is 4.28. The van der Waals surface area contributed by atoms with E-state index in [1.807, 2.05) is 14.0 Å². The van der Waals surface area contributed by atoms with Crippen LogP contribution in [0.1, 0.15) is 25.3 Å². The lowest BCUT2D eigenvalue weighted by Crippen LogP contribution is -2.36. The number of hydrogen-bond donors (Lipinski definition) is 2. The second-order valence-electron chi connectivity index (χ2n) is 5.07. The van der Waals surface area contributed by atoms with Gasteiger partial charge in [-0.2, -0.15) is 0 Å². The maximum atomic E-state index is 4.30. The van der Waals surface area contributed by atoms with Gasteiger partial charge in [0.15, 0.2) is 0 Å². The van der Waals surface area contributed by atoms with Crippen molar-refractivity contribution in [2.75, 3.05) is 31.3 Å². The smallest absolute Gasteiger partial charge is 0.134 e. The largest absolute Gasteiger partial charge is 0.373 e. The van der Waals surface area contributed by atoms with Crippen LogP contribution in [0.4, 0.5) is 11.6 Å². The molecule has 0 spiro atoms. The van der Waals surface area contributed by atoms with Gasteiger partial charge in [0.2, 0.25) is 0 Å². The molecule has 0 saturated heterocycles. The Balaban J connectivity index is 1.93. The SMILES string of the molecule is CNc1ncnc(NCC(C)N(C)C2CC2)c1C. The Morgan fingerprint density at radius 3 is 2.67 bits per heavy atom. The third-order valence-corrected chi connectivity index (χ3v) is 3.70. The van der Waals surface area contributed by atoms with E-state index < -0.39 is 0 Å². The molecule has 0 amide bonds. The summed E-state index contributed by atoms with van der Waals surface area (Å²) in [6, 6.07) is 1.31. The van der Waals surface area contributed by atoms with Gasteiger partial charge < -0.3 is 10.6 Å². The lowest BCUT2D eigenvalue weighted by Gasteiger charge is -2.25. The summed E-state index contributed by atoms with van der Waals surface area (Å²) in [5.41, 5.74) is 1.07. The number of hydrogen-bond acceptors (Lipinski definition) is 5. The molecule has 1 heterocycles. The van der Waals surface area contributed by atoms with E-state index >= 15 is 0 Å². The summed E-state index contributed by atoms with van der Waals surface area (Å²) in [6.45, 7) is 5.19. The van der Waals surface area contributed by atoms with Gasteiger partial charge in [-0.3, -0.25) is 4.90 Å². The fraction of sp³-hybridized carbons (Fsp3) is 0.692. The van der Waals surface area contributed by atoms with Crippen LogP contribution < -0.4 is 10.6 Å². The van der Waals surface area contributed by atoms with Crippen LogP contribution in [0.25, 0.3) is 0 Å². The zero-order valence-electron chi connectivity index (χ0n) is 11.7. The van der Waals surface area contributed by atoms with Gasteiger partial charge in [-0.1, -0.05) is 0 Å². The monoisotopic (exact) mass is 249 g/mol. The topological polar surface area (TPSA) is 53.1 Å². The fourth-order valence-corrected chi connectivity index (χ4v) is 2.11. The predicted octanol–water partition coefficient (Wildman–Crippen LogP) is 1.72. The molecule has 0 aliphatic heterocycles. The molecule has 1 unspecified atom stereocenters. The van der Waals surface area contributed by atoms with Gasteiger partial charge in [0, 0.05) is 31.2 Å². The minimum Gasteiger partial charge on any atom is -0.373 e. The van der Waals surface area contributed by atoms with E-state index in [2.05, 4.69) is 39.5 Å². The molecule has 1 aliphatic carbocycles. The first-order valence-corrected chi connectivity index (χ1v) is 6.58. The molecule has 1 atom stereocenters. The summed E-state index contributed by atoms with van der Waals surface area (Å²) in [5.74, 6) is 1.81. The fourth-order valence-electron chi connectivity index (χ4n) is 2.11. The minimum atomic E-state index is 0.518. The van der Waals surface area contributed by atoms with Crippen molar-refractivity contribution in [3.63, 3.8) is 0 Å². The summed E-state index contributed by atoms with van der Waals surface area (Å²) in [5, 5.41) is 6.49. The molecule has 2 N–H and O–H groups in total. The average molecular weight is 249 g/mol. The van der Waals surface area contributed by atoms with Crippen LogP contribution in [0, 0.1) is 6.92 Å². The third-order valence-electron chi connectivity index (χ3n) is 3.70. The molecular formula is C13H23N5. The number of nitrogens with one attached hydrogen (secondary N) is 2. The van der Waals surface area contributed by atoms with Crippen LogP contribution in [0.5, 0.6) is 0 Å². The van der Waals surface area contributed by atoms with Crippen molar-refractivity contribution in [3.8, 4) is 0 Å². The number of rotatable bonds is 6. The van der Waals surface area contributed by atoms with Crippen molar-refractivity contribution in [1.82, 2.24) is 14.9 Å². The number of anilines is 2. The number of aromatic nitrogens is 2. The molecule has 1 aromatic rings. The third kappa shape index (κ3) is 2.90. The molecule has 0 bridgehead atoms. The van der Waals surface area contributed by atoms with Gasteiger partial charge in [-0.05, 0) is 33.7 Å². The Kier molecular flexibility index (Phi) is 4.01.